The van der Waals surface area contributed by atoms with Crippen molar-refractivity contribution in [2.45, 2.75) is 19.8 Å². The Kier molecular flexibility index (Phi) is 5.33. The molecule has 5 nitrogen and oxygen atoms in total. The van der Waals surface area contributed by atoms with E-state index in [-0.39, 0.29) is 5.91 Å². The Morgan fingerprint density at radius 2 is 1.90 bits per heavy atom. The van der Waals surface area contributed by atoms with E-state index in [0.717, 1.165) is 45.6 Å². The number of hydrogen-bond acceptors (Lipinski definition) is 3. The maximum Gasteiger partial charge on any atom is 0.253 e. The second-order valence-electron chi connectivity index (χ2n) is 5.43. The number of rotatable bonds is 4. The van der Waals surface area contributed by atoms with Crippen molar-refractivity contribution < 1.29 is 9.59 Å². The Labute approximate surface area is 125 Å². The number of nitrogens with two attached hydrogens (primary N) is 1. The van der Waals surface area contributed by atoms with Crippen LogP contribution in [0.2, 0.25) is 0 Å². The zero-order valence-electron chi connectivity index (χ0n) is 12.5. The number of primary amides is 1. The lowest BCUT2D eigenvalue weighted by Gasteiger charge is -2.21. The van der Waals surface area contributed by atoms with Crippen LogP contribution in [-0.2, 0) is 0 Å². The average Bonchev–Trinajstić information content (AvgIpc) is 2.73. The van der Waals surface area contributed by atoms with Gasteiger partial charge in [-0.05, 0) is 44.1 Å². The smallest absolute Gasteiger partial charge is 0.253 e. The van der Waals surface area contributed by atoms with Crippen LogP contribution in [0.5, 0.6) is 0 Å². The maximum atomic E-state index is 12.5. The Morgan fingerprint density at radius 1 is 1.14 bits per heavy atom. The van der Waals surface area contributed by atoms with Crippen LogP contribution in [0.25, 0.3) is 0 Å². The fourth-order valence-corrected chi connectivity index (χ4v) is 2.70. The largest absolute Gasteiger partial charge is 0.366 e. The van der Waals surface area contributed by atoms with Crippen LogP contribution in [0.4, 0.5) is 0 Å². The molecule has 2 rings (SSSR count). The second-order valence-corrected chi connectivity index (χ2v) is 5.43. The third-order valence-corrected chi connectivity index (χ3v) is 3.81. The molecule has 0 aliphatic carbocycles. The van der Waals surface area contributed by atoms with Gasteiger partial charge in [0, 0.05) is 30.8 Å². The highest BCUT2D eigenvalue weighted by atomic mass is 16.2. The molecule has 1 aromatic rings. The summed E-state index contributed by atoms with van der Waals surface area (Å²) >= 11 is 0. The molecule has 1 fully saturated rings. The van der Waals surface area contributed by atoms with Crippen LogP contribution < -0.4 is 5.73 Å². The highest BCUT2D eigenvalue weighted by Crippen LogP contribution is 2.11. The molecule has 0 atom stereocenters. The first kappa shape index (κ1) is 15.5. The van der Waals surface area contributed by atoms with Crippen molar-refractivity contribution in [3.63, 3.8) is 0 Å². The highest BCUT2D eigenvalue weighted by Gasteiger charge is 2.20. The Balaban J connectivity index is 2.06. The van der Waals surface area contributed by atoms with Crippen LogP contribution in [0.3, 0.4) is 0 Å². The van der Waals surface area contributed by atoms with Gasteiger partial charge in [0.2, 0.25) is 5.91 Å². The summed E-state index contributed by atoms with van der Waals surface area (Å²) in [6.45, 7) is 6.70. The van der Waals surface area contributed by atoms with Crippen LogP contribution in [0.1, 0.15) is 40.5 Å². The van der Waals surface area contributed by atoms with Gasteiger partial charge in [0.15, 0.2) is 0 Å². The SMILES string of the molecule is CCCN1CCCN(C(=O)c2cccc(C(N)=O)c2)CC1. The lowest BCUT2D eigenvalue weighted by molar-refractivity contribution is 0.0761. The average molecular weight is 289 g/mol. The predicted octanol–water partition coefficient (Wildman–Crippen LogP) is 1.34. The molecule has 1 aliphatic rings. The number of carbonyl (C=O) groups is 2. The van der Waals surface area contributed by atoms with Gasteiger partial charge in [0.25, 0.3) is 5.91 Å². The van der Waals surface area contributed by atoms with E-state index in [2.05, 4.69) is 11.8 Å². The van der Waals surface area contributed by atoms with Crippen molar-refractivity contribution in [2.75, 3.05) is 32.7 Å². The van der Waals surface area contributed by atoms with Crippen molar-refractivity contribution in [3.05, 3.63) is 35.4 Å². The minimum absolute atomic E-state index is 0.0172. The summed E-state index contributed by atoms with van der Waals surface area (Å²) < 4.78 is 0. The molecule has 0 bridgehead atoms. The topological polar surface area (TPSA) is 66.6 Å². The summed E-state index contributed by atoms with van der Waals surface area (Å²) in [7, 11) is 0. The van der Waals surface area contributed by atoms with Crippen LogP contribution in [0.15, 0.2) is 24.3 Å². The molecule has 5 heteroatoms. The third-order valence-electron chi connectivity index (χ3n) is 3.81. The van der Waals surface area contributed by atoms with Gasteiger partial charge in [-0.2, -0.15) is 0 Å². The van der Waals surface area contributed by atoms with Gasteiger partial charge < -0.3 is 15.5 Å². The van der Waals surface area contributed by atoms with Crippen LogP contribution in [0, 0.1) is 0 Å². The maximum absolute atomic E-state index is 12.5. The molecule has 114 valence electrons. The number of nitrogens with zero attached hydrogens (tertiary/aromatic N) is 2. The molecule has 2 amide bonds. The minimum atomic E-state index is -0.505. The molecule has 0 aromatic heterocycles. The first-order valence-corrected chi connectivity index (χ1v) is 7.53. The first-order chi connectivity index (χ1) is 10.1. The molecular weight excluding hydrogens is 266 g/mol. The Morgan fingerprint density at radius 3 is 2.62 bits per heavy atom. The van der Waals surface area contributed by atoms with Gasteiger partial charge in [-0.25, -0.2) is 0 Å². The normalized spacial score (nSPS) is 16.5. The molecule has 0 spiro atoms. The van der Waals surface area contributed by atoms with E-state index in [9.17, 15) is 9.59 Å². The van der Waals surface area contributed by atoms with Gasteiger partial charge in [0.1, 0.15) is 0 Å². The lowest BCUT2D eigenvalue weighted by atomic mass is 10.1. The van der Waals surface area contributed by atoms with Crippen molar-refractivity contribution in [2.24, 2.45) is 5.73 Å². The molecule has 21 heavy (non-hydrogen) atoms. The Bertz CT molecular complexity index is 516. The summed E-state index contributed by atoms with van der Waals surface area (Å²) in [4.78, 5) is 28.0. The van der Waals surface area contributed by atoms with Gasteiger partial charge >= 0.3 is 0 Å². The molecule has 1 heterocycles. The van der Waals surface area contributed by atoms with E-state index in [1.54, 1.807) is 24.3 Å². The molecule has 0 radical (unpaired) electrons. The van der Waals surface area contributed by atoms with E-state index in [1.807, 2.05) is 4.90 Å². The highest BCUT2D eigenvalue weighted by molar-refractivity contribution is 5.99. The summed E-state index contributed by atoms with van der Waals surface area (Å²) in [5, 5.41) is 0. The summed E-state index contributed by atoms with van der Waals surface area (Å²) in [5.74, 6) is -0.522. The molecular formula is C16H23N3O2. The van der Waals surface area contributed by atoms with E-state index >= 15 is 0 Å². The summed E-state index contributed by atoms with van der Waals surface area (Å²) in [5.41, 5.74) is 6.18. The first-order valence-electron chi connectivity index (χ1n) is 7.53. The fourth-order valence-electron chi connectivity index (χ4n) is 2.70. The van der Waals surface area contributed by atoms with E-state index in [4.69, 9.17) is 5.73 Å². The Hall–Kier alpha value is -1.88. The van der Waals surface area contributed by atoms with Gasteiger partial charge in [-0.1, -0.05) is 13.0 Å². The molecule has 2 N–H and O–H groups in total. The molecule has 0 saturated carbocycles. The van der Waals surface area contributed by atoms with Gasteiger partial charge in [-0.3, -0.25) is 9.59 Å². The molecule has 1 aliphatic heterocycles. The zero-order chi connectivity index (χ0) is 15.2. The number of benzene rings is 1. The number of carbonyl (C=O) groups excluding carboxylic acids is 2. The zero-order valence-corrected chi connectivity index (χ0v) is 12.5. The number of hydrogen-bond donors (Lipinski definition) is 1. The van der Waals surface area contributed by atoms with Crippen molar-refractivity contribution in [1.82, 2.24) is 9.80 Å². The van der Waals surface area contributed by atoms with Crippen LogP contribution in [-0.4, -0.2) is 54.3 Å². The van der Waals surface area contributed by atoms with Crippen LogP contribution >= 0.6 is 0 Å². The minimum Gasteiger partial charge on any atom is -0.366 e. The van der Waals surface area contributed by atoms with Crippen molar-refractivity contribution in [1.29, 1.82) is 0 Å². The van der Waals surface area contributed by atoms with E-state index in [1.165, 1.54) is 0 Å². The molecule has 1 saturated heterocycles. The third kappa shape index (κ3) is 4.04. The van der Waals surface area contributed by atoms with Gasteiger partial charge in [0.05, 0.1) is 0 Å². The molecule has 1 aromatic carbocycles. The standard InChI is InChI=1S/C16H23N3O2/c1-2-7-18-8-4-9-19(11-10-18)16(21)14-6-3-5-13(12-14)15(17)20/h3,5-6,12H,2,4,7-11H2,1H3,(H2,17,20). The predicted molar refractivity (Wildman–Crippen MR) is 82.2 cm³/mol. The van der Waals surface area contributed by atoms with Gasteiger partial charge in [-0.15, -0.1) is 0 Å². The van der Waals surface area contributed by atoms with Crippen molar-refractivity contribution in [3.8, 4) is 0 Å². The number of amides is 2. The monoisotopic (exact) mass is 289 g/mol. The van der Waals surface area contributed by atoms with Crippen molar-refractivity contribution >= 4 is 11.8 Å². The quantitative estimate of drug-likeness (QED) is 0.909. The summed E-state index contributed by atoms with van der Waals surface area (Å²) in [6, 6.07) is 6.65. The second kappa shape index (κ2) is 7.22. The van der Waals surface area contributed by atoms with E-state index < -0.39 is 5.91 Å². The lowest BCUT2D eigenvalue weighted by Crippen LogP contribution is -2.35. The molecule has 0 unspecified atom stereocenters. The summed E-state index contributed by atoms with van der Waals surface area (Å²) in [6.07, 6.45) is 2.12. The van der Waals surface area contributed by atoms with E-state index in [0.29, 0.717) is 11.1 Å². The fraction of sp³-hybridized carbons (Fsp3) is 0.500.